The molecular formula is C26H40ClN4O9P. The van der Waals surface area contributed by atoms with Gasteiger partial charge in [0.1, 0.15) is 30.2 Å². The van der Waals surface area contributed by atoms with E-state index < -0.39 is 55.6 Å². The van der Waals surface area contributed by atoms with Crippen LogP contribution in [0.1, 0.15) is 59.3 Å². The highest BCUT2D eigenvalue weighted by molar-refractivity contribution is 7.51. The van der Waals surface area contributed by atoms with Crippen molar-refractivity contribution in [3.05, 3.63) is 46.0 Å². The van der Waals surface area contributed by atoms with E-state index >= 15 is 0 Å². The molecule has 6 atom stereocenters. The van der Waals surface area contributed by atoms with E-state index in [2.05, 4.69) is 10.1 Å². The highest BCUT2D eigenvalue weighted by Gasteiger charge is 2.43. The Morgan fingerprint density at radius 3 is 2.66 bits per heavy atom. The number of allylic oxidation sites excluding steroid dienone is 2. The number of hydrogen-bond acceptors (Lipinski definition) is 11. The Morgan fingerprint density at radius 2 is 2.07 bits per heavy atom. The number of esters is 1. The Hall–Kier alpha value is -2.09. The van der Waals surface area contributed by atoms with Crippen LogP contribution in [0.2, 0.25) is 0 Å². The number of ether oxygens (including phenoxy) is 2. The van der Waals surface area contributed by atoms with Crippen LogP contribution >= 0.6 is 19.3 Å². The number of hydrogen-bond donors (Lipinski definition) is 4. The van der Waals surface area contributed by atoms with E-state index in [1.807, 2.05) is 0 Å². The molecular weight excluding hydrogens is 579 g/mol. The SMILES string of the molecule is CO[C@H](COP(=O)(N[C@@H](C)C(=O)OC1CCCCC1)OC1(C)C=CC(Cl)=CC1)[C@@H](O)[C@@](C)(O)n1ccc(N)nc1=O. The van der Waals surface area contributed by atoms with Gasteiger partial charge in [-0.05, 0) is 58.6 Å². The summed E-state index contributed by atoms with van der Waals surface area (Å²) in [6, 6.07) is 0.200. The number of aromatic nitrogens is 2. The van der Waals surface area contributed by atoms with Crippen molar-refractivity contribution in [3.8, 4) is 0 Å². The van der Waals surface area contributed by atoms with E-state index in [4.69, 9.17) is 35.9 Å². The second-order valence-corrected chi connectivity index (χ2v) is 12.8. The van der Waals surface area contributed by atoms with Crippen molar-refractivity contribution >= 4 is 31.1 Å². The molecule has 230 valence electrons. The highest BCUT2D eigenvalue weighted by Crippen LogP contribution is 2.50. The zero-order chi connectivity index (χ0) is 30.4. The molecule has 0 bridgehead atoms. The molecule has 1 aromatic rings. The predicted octanol–water partition coefficient (Wildman–Crippen LogP) is 2.70. The molecule has 13 nitrogen and oxygen atoms in total. The Labute approximate surface area is 244 Å². The summed E-state index contributed by atoms with van der Waals surface area (Å²) in [4.78, 5) is 28.7. The molecule has 5 N–H and O–H groups in total. The van der Waals surface area contributed by atoms with Crippen molar-refractivity contribution in [1.29, 1.82) is 0 Å². The first kappa shape index (κ1) is 33.4. The topological polar surface area (TPSA) is 184 Å². The van der Waals surface area contributed by atoms with Crippen LogP contribution in [0.3, 0.4) is 0 Å². The zero-order valence-electron chi connectivity index (χ0n) is 23.7. The van der Waals surface area contributed by atoms with Crippen LogP contribution in [0.25, 0.3) is 0 Å². The molecule has 2 aliphatic carbocycles. The van der Waals surface area contributed by atoms with Gasteiger partial charge in [0.15, 0.2) is 5.72 Å². The lowest BCUT2D eigenvalue weighted by atomic mass is 9.98. The van der Waals surface area contributed by atoms with Crippen molar-refractivity contribution < 1.29 is 38.1 Å². The summed E-state index contributed by atoms with van der Waals surface area (Å²) in [6.45, 7) is 3.74. The maximum Gasteiger partial charge on any atom is 0.407 e. The molecule has 0 radical (unpaired) electrons. The standard InChI is InChI=1S/C26H40ClN4O9P/c1-17(23(33)39-19-8-6-5-7-9-19)30-41(36,40-25(2)13-10-18(27)11-14-25)38-16-20(37-4)22(32)26(3,35)31-15-12-21(28)29-24(31)34/h10-13,15,17,19-20,22,32,35H,5-9,14,16H2,1-4H3,(H,30,36)(H2,28,29,34)/t17-,20+,22+,25?,26+,41?/m0/s1. The monoisotopic (exact) mass is 618 g/mol. The first-order valence-corrected chi connectivity index (χ1v) is 15.4. The van der Waals surface area contributed by atoms with Gasteiger partial charge in [-0.3, -0.25) is 18.4 Å². The van der Waals surface area contributed by atoms with Crippen LogP contribution in [0.4, 0.5) is 5.82 Å². The number of aliphatic hydroxyl groups excluding tert-OH is 1. The molecule has 0 spiro atoms. The highest BCUT2D eigenvalue weighted by atomic mass is 35.5. The molecule has 0 amide bonds. The fourth-order valence-electron chi connectivity index (χ4n) is 4.58. The average molecular weight is 619 g/mol. The van der Waals surface area contributed by atoms with Crippen molar-refractivity contribution in [3.63, 3.8) is 0 Å². The van der Waals surface area contributed by atoms with E-state index in [0.29, 0.717) is 5.03 Å². The van der Waals surface area contributed by atoms with Crippen molar-refractivity contribution in [2.75, 3.05) is 19.5 Å². The fraction of sp³-hybridized carbons (Fsp3) is 0.654. The normalized spacial score (nSPS) is 24.9. The summed E-state index contributed by atoms with van der Waals surface area (Å²) >= 11 is 6.04. The number of halogens is 1. The Morgan fingerprint density at radius 1 is 1.39 bits per heavy atom. The lowest BCUT2D eigenvalue weighted by molar-refractivity contribution is -0.177. The number of nitrogens with zero attached hydrogens (tertiary/aromatic N) is 2. The molecule has 0 aliphatic heterocycles. The number of nitrogen functional groups attached to an aromatic ring is 1. The van der Waals surface area contributed by atoms with Gasteiger partial charge in [-0.15, -0.1) is 0 Å². The number of aliphatic hydroxyl groups is 2. The minimum Gasteiger partial charge on any atom is -0.461 e. The second kappa shape index (κ2) is 13.9. The van der Waals surface area contributed by atoms with Crippen molar-refractivity contribution in [2.45, 2.75) is 95.0 Å². The number of anilines is 1. The molecule has 1 heterocycles. The number of methoxy groups -OCH3 is 1. The summed E-state index contributed by atoms with van der Waals surface area (Å²) in [6.07, 6.45) is 7.57. The van der Waals surface area contributed by atoms with Gasteiger partial charge in [0.2, 0.25) is 0 Å². The van der Waals surface area contributed by atoms with Gasteiger partial charge in [-0.25, -0.2) is 14.4 Å². The van der Waals surface area contributed by atoms with Crippen LogP contribution < -0.4 is 16.5 Å². The molecule has 1 aromatic heterocycles. The number of rotatable bonds is 13. The quantitative estimate of drug-likeness (QED) is 0.187. The van der Waals surface area contributed by atoms with E-state index in [9.17, 15) is 24.4 Å². The number of carbonyl (C=O) groups is 1. The third kappa shape index (κ3) is 8.95. The molecule has 1 fully saturated rings. The summed E-state index contributed by atoms with van der Waals surface area (Å²) in [5.74, 6) is -0.678. The molecule has 3 rings (SSSR count). The van der Waals surface area contributed by atoms with Crippen LogP contribution in [0.15, 0.2) is 40.3 Å². The van der Waals surface area contributed by atoms with Gasteiger partial charge >= 0.3 is 19.4 Å². The van der Waals surface area contributed by atoms with Gasteiger partial charge < -0.3 is 25.4 Å². The van der Waals surface area contributed by atoms with Gasteiger partial charge in [-0.1, -0.05) is 30.2 Å². The average Bonchev–Trinajstić information content (AvgIpc) is 2.91. The maximum atomic E-state index is 14.1. The lowest BCUT2D eigenvalue weighted by Crippen LogP contribution is -2.54. The molecule has 2 unspecified atom stereocenters. The van der Waals surface area contributed by atoms with E-state index in [-0.39, 0.29) is 18.3 Å². The Bertz CT molecular complexity index is 1230. The molecule has 0 aromatic carbocycles. The van der Waals surface area contributed by atoms with Crippen LogP contribution in [0, 0.1) is 0 Å². The third-order valence-electron chi connectivity index (χ3n) is 7.10. The van der Waals surface area contributed by atoms with Crippen LogP contribution in [-0.4, -0.2) is 69.4 Å². The van der Waals surface area contributed by atoms with E-state index in [1.165, 1.54) is 33.2 Å². The lowest BCUT2D eigenvalue weighted by Gasteiger charge is -2.36. The Kier molecular flexibility index (Phi) is 11.3. The Balaban J connectivity index is 1.78. The summed E-state index contributed by atoms with van der Waals surface area (Å²) < 4.78 is 37.5. The summed E-state index contributed by atoms with van der Waals surface area (Å²) in [7, 11) is -3.09. The van der Waals surface area contributed by atoms with Crippen LogP contribution in [-0.2, 0) is 33.6 Å². The number of nitrogens with one attached hydrogen (secondary N) is 1. The van der Waals surface area contributed by atoms with Gasteiger partial charge in [0, 0.05) is 24.8 Å². The minimum atomic E-state index is -4.33. The first-order chi connectivity index (χ1) is 19.2. The zero-order valence-corrected chi connectivity index (χ0v) is 25.3. The van der Waals surface area contributed by atoms with Crippen molar-refractivity contribution in [1.82, 2.24) is 14.6 Å². The molecule has 0 saturated heterocycles. The fourth-order valence-corrected chi connectivity index (χ4v) is 6.51. The molecule has 2 aliphatic rings. The number of nitrogens with two attached hydrogens (primary N) is 1. The van der Waals surface area contributed by atoms with Gasteiger partial charge in [-0.2, -0.15) is 4.98 Å². The summed E-state index contributed by atoms with van der Waals surface area (Å²) in [5.41, 5.74) is 1.27. The second-order valence-electron chi connectivity index (χ2n) is 10.7. The van der Waals surface area contributed by atoms with Crippen molar-refractivity contribution in [2.24, 2.45) is 0 Å². The predicted molar refractivity (Wildman–Crippen MR) is 152 cm³/mol. The van der Waals surface area contributed by atoms with Gasteiger partial charge in [0.25, 0.3) is 0 Å². The minimum absolute atomic E-state index is 0.0650. The van der Waals surface area contributed by atoms with Gasteiger partial charge in [0.05, 0.1) is 12.2 Å². The summed E-state index contributed by atoms with van der Waals surface area (Å²) in [5, 5.41) is 25.2. The maximum absolute atomic E-state index is 14.1. The van der Waals surface area contributed by atoms with E-state index in [1.54, 1.807) is 25.2 Å². The first-order valence-electron chi connectivity index (χ1n) is 13.5. The molecule has 1 saturated carbocycles. The largest absolute Gasteiger partial charge is 0.461 e. The number of carbonyl (C=O) groups excluding carboxylic acids is 1. The van der Waals surface area contributed by atoms with E-state index in [0.717, 1.165) is 36.7 Å². The third-order valence-corrected chi connectivity index (χ3v) is 9.23. The molecule has 41 heavy (non-hydrogen) atoms. The van der Waals surface area contributed by atoms with Crippen LogP contribution in [0.5, 0.6) is 0 Å². The smallest absolute Gasteiger partial charge is 0.407 e. The molecule has 15 heteroatoms.